The number of hydrogen-bond acceptors (Lipinski definition) is 4. The second-order valence-corrected chi connectivity index (χ2v) is 7.42. The molecule has 0 aromatic carbocycles. The van der Waals surface area contributed by atoms with Crippen molar-refractivity contribution in [3.05, 3.63) is 16.3 Å². The summed E-state index contributed by atoms with van der Waals surface area (Å²) >= 11 is 1.25. The van der Waals surface area contributed by atoms with E-state index in [2.05, 4.69) is 4.72 Å². The smallest absolute Gasteiger partial charge is 0.242 e. The third-order valence-electron chi connectivity index (χ3n) is 2.95. The number of hydrogen-bond donors (Lipinski definition) is 2. The third kappa shape index (κ3) is 2.15. The van der Waals surface area contributed by atoms with Crippen LogP contribution in [0.2, 0.25) is 0 Å². The minimum absolute atomic E-state index is 0.0175. The van der Waals surface area contributed by atoms with Crippen molar-refractivity contribution in [2.45, 2.75) is 37.8 Å². The number of nitrogens with one attached hydrogen (secondary N) is 1. The average molecular weight is 261 g/mol. The van der Waals surface area contributed by atoms with Crippen molar-refractivity contribution in [1.29, 1.82) is 0 Å². The van der Waals surface area contributed by atoms with E-state index in [0.717, 1.165) is 6.42 Å². The second-order valence-electron chi connectivity index (χ2n) is 4.73. The molecule has 1 aliphatic carbocycles. The van der Waals surface area contributed by atoms with E-state index in [1.54, 1.807) is 5.38 Å². The highest BCUT2D eigenvalue weighted by Gasteiger charge is 2.48. The summed E-state index contributed by atoms with van der Waals surface area (Å²) in [5, 5.41) is 10.7. The zero-order valence-electron chi connectivity index (χ0n) is 9.23. The van der Waals surface area contributed by atoms with Gasteiger partial charge < -0.3 is 5.11 Å². The highest BCUT2D eigenvalue weighted by molar-refractivity contribution is 7.89. The van der Waals surface area contributed by atoms with Gasteiger partial charge in [0.2, 0.25) is 10.0 Å². The molecule has 1 atom stereocenters. The highest BCUT2D eigenvalue weighted by atomic mass is 32.2. The first-order chi connectivity index (χ1) is 7.37. The van der Waals surface area contributed by atoms with Gasteiger partial charge in [0.25, 0.3) is 0 Å². The summed E-state index contributed by atoms with van der Waals surface area (Å²) in [6, 6.07) is 1.55. The maximum atomic E-state index is 12.0. The SMILES string of the molecule is CC1(C)CC1NS(=O)(=O)c1ccsc1CO. The number of sulfonamides is 1. The van der Waals surface area contributed by atoms with Gasteiger partial charge in [-0.25, -0.2) is 13.1 Å². The first kappa shape index (κ1) is 12.0. The Bertz CT molecular complexity index is 490. The zero-order chi connectivity index (χ0) is 12.0. The molecular formula is C10H15NO3S2. The highest BCUT2D eigenvalue weighted by Crippen LogP contribution is 2.45. The van der Waals surface area contributed by atoms with E-state index in [1.807, 2.05) is 13.8 Å². The van der Waals surface area contributed by atoms with Crippen LogP contribution in [0.3, 0.4) is 0 Å². The summed E-state index contributed by atoms with van der Waals surface area (Å²) in [6.07, 6.45) is 0.866. The van der Waals surface area contributed by atoms with Gasteiger partial charge in [-0.15, -0.1) is 11.3 Å². The monoisotopic (exact) mass is 261 g/mol. The van der Waals surface area contributed by atoms with E-state index in [9.17, 15) is 8.42 Å². The van der Waals surface area contributed by atoms with Gasteiger partial charge in [-0.05, 0) is 23.3 Å². The molecule has 0 saturated heterocycles. The van der Waals surface area contributed by atoms with Crippen LogP contribution in [0, 0.1) is 5.41 Å². The number of rotatable bonds is 4. The molecule has 1 fully saturated rings. The van der Waals surface area contributed by atoms with Crippen molar-refractivity contribution in [3.63, 3.8) is 0 Å². The Morgan fingerprint density at radius 2 is 2.25 bits per heavy atom. The Morgan fingerprint density at radius 3 is 2.75 bits per heavy atom. The van der Waals surface area contributed by atoms with Crippen LogP contribution >= 0.6 is 11.3 Å². The molecule has 90 valence electrons. The van der Waals surface area contributed by atoms with E-state index < -0.39 is 10.0 Å². The van der Waals surface area contributed by atoms with Crippen LogP contribution in [-0.4, -0.2) is 19.6 Å². The summed E-state index contributed by atoms with van der Waals surface area (Å²) in [5.74, 6) is 0. The molecule has 2 rings (SSSR count). The average Bonchev–Trinajstić information content (AvgIpc) is 2.67. The van der Waals surface area contributed by atoms with Crippen molar-refractivity contribution in [2.24, 2.45) is 5.41 Å². The van der Waals surface area contributed by atoms with Gasteiger partial charge in [-0.3, -0.25) is 0 Å². The molecule has 1 heterocycles. The lowest BCUT2D eigenvalue weighted by atomic mass is 10.2. The van der Waals surface area contributed by atoms with Crippen molar-refractivity contribution in [1.82, 2.24) is 4.72 Å². The van der Waals surface area contributed by atoms with Crippen LogP contribution in [0.4, 0.5) is 0 Å². The fraction of sp³-hybridized carbons (Fsp3) is 0.600. The van der Waals surface area contributed by atoms with Crippen LogP contribution in [0.1, 0.15) is 25.1 Å². The Kier molecular flexibility index (Phi) is 2.86. The Balaban J connectivity index is 2.20. The molecule has 1 unspecified atom stereocenters. The lowest BCUT2D eigenvalue weighted by Crippen LogP contribution is -2.28. The van der Waals surface area contributed by atoms with Gasteiger partial charge in [0.05, 0.1) is 11.5 Å². The third-order valence-corrected chi connectivity index (χ3v) is 5.54. The molecule has 2 N–H and O–H groups in total. The Hall–Kier alpha value is -0.430. The molecule has 1 saturated carbocycles. The molecule has 0 spiro atoms. The number of thiophene rings is 1. The molecule has 0 aliphatic heterocycles. The number of aliphatic hydroxyl groups excluding tert-OH is 1. The normalized spacial score (nSPS) is 23.3. The van der Waals surface area contributed by atoms with Crippen molar-refractivity contribution < 1.29 is 13.5 Å². The maximum Gasteiger partial charge on any atom is 0.242 e. The predicted octanol–water partition coefficient (Wildman–Crippen LogP) is 1.32. The summed E-state index contributed by atoms with van der Waals surface area (Å²) in [6.45, 7) is 3.82. The van der Waals surface area contributed by atoms with Gasteiger partial charge in [-0.1, -0.05) is 13.8 Å². The van der Waals surface area contributed by atoms with Crippen molar-refractivity contribution >= 4 is 21.4 Å². The van der Waals surface area contributed by atoms with Crippen molar-refractivity contribution in [2.75, 3.05) is 0 Å². The van der Waals surface area contributed by atoms with Crippen LogP contribution < -0.4 is 4.72 Å². The van der Waals surface area contributed by atoms with E-state index in [1.165, 1.54) is 17.4 Å². The molecular weight excluding hydrogens is 246 g/mol. The maximum absolute atomic E-state index is 12.0. The molecule has 0 amide bonds. The summed E-state index contributed by atoms with van der Waals surface area (Å²) in [7, 11) is -3.47. The van der Waals surface area contributed by atoms with E-state index in [-0.39, 0.29) is 23.0 Å². The van der Waals surface area contributed by atoms with Gasteiger partial charge in [0.1, 0.15) is 0 Å². The van der Waals surface area contributed by atoms with Crippen LogP contribution in [-0.2, 0) is 16.6 Å². The Labute approximate surface area is 99.4 Å². The molecule has 0 radical (unpaired) electrons. The van der Waals surface area contributed by atoms with E-state index in [0.29, 0.717) is 4.88 Å². The topological polar surface area (TPSA) is 66.4 Å². The fourth-order valence-corrected chi connectivity index (χ4v) is 4.30. The first-order valence-electron chi connectivity index (χ1n) is 5.06. The molecule has 6 heteroatoms. The fourth-order valence-electron chi connectivity index (χ4n) is 1.60. The second kappa shape index (κ2) is 3.80. The van der Waals surface area contributed by atoms with Gasteiger partial charge >= 0.3 is 0 Å². The van der Waals surface area contributed by atoms with Crippen molar-refractivity contribution in [3.8, 4) is 0 Å². The van der Waals surface area contributed by atoms with Crippen LogP contribution in [0.15, 0.2) is 16.3 Å². The zero-order valence-corrected chi connectivity index (χ0v) is 10.9. The van der Waals surface area contributed by atoms with Crippen LogP contribution in [0.5, 0.6) is 0 Å². The molecule has 0 bridgehead atoms. The molecule has 1 aliphatic rings. The summed E-state index contributed by atoms with van der Waals surface area (Å²) in [4.78, 5) is 0.702. The summed E-state index contributed by atoms with van der Waals surface area (Å²) < 4.78 is 26.7. The largest absolute Gasteiger partial charge is 0.391 e. The lowest BCUT2D eigenvalue weighted by Gasteiger charge is -2.08. The molecule has 1 aromatic rings. The van der Waals surface area contributed by atoms with Gasteiger partial charge in [-0.2, -0.15) is 0 Å². The van der Waals surface area contributed by atoms with E-state index in [4.69, 9.17) is 5.11 Å². The molecule has 16 heavy (non-hydrogen) atoms. The van der Waals surface area contributed by atoms with E-state index >= 15 is 0 Å². The quantitative estimate of drug-likeness (QED) is 0.859. The van der Waals surface area contributed by atoms with Gasteiger partial charge in [0, 0.05) is 10.9 Å². The lowest BCUT2D eigenvalue weighted by molar-refractivity contribution is 0.282. The number of aliphatic hydroxyl groups is 1. The predicted molar refractivity (Wildman–Crippen MR) is 62.7 cm³/mol. The summed E-state index contributed by atoms with van der Waals surface area (Å²) in [5.41, 5.74) is 0.0580. The van der Waals surface area contributed by atoms with Crippen LogP contribution in [0.25, 0.3) is 0 Å². The molecule has 4 nitrogen and oxygen atoms in total. The molecule has 1 aromatic heterocycles. The first-order valence-corrected chi connectivity index (χ1v) is 7.43. The standard InChI is InChI=1S/C10H15NO3S2/c1-10(2)5-9(10)11-16(13,14)8-3-4-15-7(8)6-12/h3-4,9,11-12H,5-6H2,1-2H3. The Morgan fingerprint density at radius 1 is 1.62 bits per heavy atom. The van der Waals surface area contributed by atoms with Gasteiger partial charge in [0.15, 0.2) is 0 Å². The minimum atomic E-state index is -3.47. The minimum Gasteiger partial charge on any atom is -0.391 e.